The predicted molar refractivity (Wildman–Crippen MR) is 130 cm³/mol. The largest absolute Gasteiger partial charge is 0.324 e. The van der Waals surface area contributed by atoms with Gasteiger partial charge in [-0.1, -0.05) is 48.5 Å². The Kier molecular flexibility index (Phi) is 5.70. The van der Waals surface area contributed by atoms with E-state index < -0.39 is 23.1 Å². The lowest BCUT2D eigenvalue weighted by Gasteiger charge is -2.14. The van der Waals surface area contributed by atoms with E-state index in [0.717, 1.165) is 28.8 Å². The number of nitrogens with one attached hydrogen (secondary N) is 1. The van der Waals surface area contributed by atoms with Gasteiger partial charge in [-0.05, 0) is 42.3 Å². The van der Waals surface area contributed by atoms with Crippen molar-refractivity contribution in [3.05, 3.63) is 113 Å². The minimum Gasteiger partial charge on any atom is -0.324 e. The Morgan fingerprint density at radius 1 is 0.914 bits per heavy atom. The SMILES string of the molecule is Cc1nn(-c2ccccc2)c2c1c(-c1ccccc1)cc(=O)n2CC(=O)Nc1ccc(F)c(F)c1. The fraction of sp³-hybridized carbons (Fsp3) is 0.0741. The predicted octanol–water partition coefficient (Wildman–Crippen LogP) is 5.08. The van der Waals surface area contributed by atoms with E-state index in [-0.39, 0.29) is 12.2 Å². The monoisotopic (exact) mass is 470 g/mol. The van der Waals surface area contributed by atoms with Crippen molar-refractivity contribution in [2.24, 2.45) is 0 Å². The number of nitrogens with zero attached hydrogens (tertiary/aromatic N) is 3. The van der Waals surface area contributed by atoms with Crippen molar-refractivity contribution >= 4 is 22.6 Å². The summed E-state index contributed by atoms with van der Waals surface area (Å²) in [5, 5.41) is 7.96. The van der Waals surface area contributed by atoms with Crippen LogP contribution >= 0.6 is 0 Å². The van der Waals surface area contributed by atoms with Gasteiger partial charge in [-0.25, -0.2) is 13.5 Å². The van der Waals surface area contributed by atoms with Gasteiger partial charge in [0.15, 0.2) is 11.6 Å². The molecule has 0 atom stereocenters. The summed E-state index contributed by atoms with van der Waals surface area (Å²) in [7, 11) is 0. The summed E-state index contributed by atoms with van der Waals surface area (Å²) in [4.78, 5) is 26.2. The molecule has 2 aromatic heterocycles. The number of aromatic nitrogens is 3. The van der Waals surface area contributed by atoms with Gasteiger partial charge < -0.3 is 5.32 Å². The van der Waals surface area contributed by atoms with Crippen LogP contribution in [0.5, 0.6) is 0 Å². The van der Waals surface area contributed by atoms with Gasteiger partial charge in [-0.2, -0.15) is 5.10 Å². The van der Waals surface area contributed by atoms with Crippen LogP contribution in [0.2, 0.25) is 0 Å². The molecule has 0 aliphatic heterocycles. The molecule has 0 unspecified atom stereocenters. The first-order chi connectivity index (χ1) is 16.9. The number of aryl methyl sites for hydroxylation is 1. The van der Waals surface area contributed by atoms with Crippen LogP contribution in [0.1, 0.15) is 5.69 Å². The second-order valence-electron chi connectivity index (χ2n) is 8.06. The Hall–Kier alpha value is -4.59. The third-order valence-corrected chi connectivity index (χ3v) is 5.69. The highest BCUT2D eigenvalue weighted by Crippen LogP contribution is 2.31. The fourth-order valence-electron chi connectivity index (χ4n) is 4.12. The number of para-hydroxylation sites is 1. The number of fused-ring (bicyclic) bond motifs is 1. The van der Waals surface area contributed by atoms with E-state index in [1.54, 1.807) is 4.68 Å². The van der Waals surface area contributed by atoms with Crippen LogP contribution in [0.15, 0.2) is 89.7 Å². The lowest BCUT2D eigenvalue weighted by molar-refractivity contribution is -0.116. The minimum absolute atomic E-state index is 0.0897. The zero-order chi connectivity index (χ0) is 24.5. The molecule has 2 heterocycles. The molecule has 0 radical (unpaired) electrons. The van der Waals surface area contributed by atoms with Crippen LogP contribution in [-0.2, 0) is 11.3 Å². The fourth-order valence-corrected chi connectivity index (χ4v) is 4.12. The Morgan fingerprint density at radius 2 is 1.60 bits per heavy atom. The number of hydrogen-bond acceptors (Lipinski definition) is 3. The van der Waals surface area contributed by atoms with Crippen molar-refractivity contribution in [1.29, 1.82) is 0 Å². The molecule has 35 heavy (non-hydrogen) atoms. The maximum atomic E-state index is 13.6. The van der Waals surface area contributed by atoms with Gasteiger partial charge in [-0.3, -0.25) is 14.2 Å². The second-order valence-corrected chi connectivity index (χ2v) is 8.06. The lowest BCUT2D eigenvalue weighted by Crippen LogP contribution is -2.29. The number of hydrogen-bond donors (Lipinski definition) is 1. The molecule has 8 heteroatoms. The Balaban J connectivity index is 1.67. The zero-order valence-corrected chi connectivity index (χ0v) is 18.7. The van der Waals surface area contributed by atoms with Crippen molar-refractivity contribution in [2.45, 2.75) is 13.5 Å². The first-order valence-corrected chi connectivity index (χ1v) is 10.9. The summed E-state index contributed by atoms with van der Waals surface area (Å²) >= 11 is 0. The maximum absolute atomic E-state index is 13.6. The van der Waals surface area contributed by atoms with E-state index in [4.69, 9.17) is 5.10 Å². The van der Waals surface area contributed by atoms with Crippen molar-refractivity contribution < 1.29 is 13.6 Å². The molecule has 0 aliphatic rings. The molecule has 5 aromatic rings. The third kappa shape index (κ3) is 4.21. The van der Waals surface area contributed by atoms with Crippen LogP contribution in [-0.4, -0.2) is 20.3 Å². The van der Waals surface area contributed by atoms with E-state index in [1.807, 2.05) is 67.6 Å². The van der Waals surface area contributed by atoms with Gasteiger partial charge in [0.1, 0.15) is 12.2 Å². The molecule has 0 saturated heterocycles. The van der Waals surface area contributed by atoms with E-state index in [1.165, 1.54) is 16.7 Å². The van der Waals surface area contributed by atoms with E-state index in [2.05, 4.69) is 5.32 Å². The average molecular weight is 470 g/mol. The zero-order valence-electron chi connectivity index (χ0n) is 18.7. The third-order valence-electron chi connectivity index (χ3n) is 5.69. The highest BCUT2D eigenvalue weighted by Gasteiger charge is 2.21. The molecular formula is C27H20F2N4O2. The summed E-state index contributed by atoms with van der Waals surface area (Å²) < 4.78 is 29.8. The summed E-state index contributed by atoms with van der Waals surface area (Å²) in [6.07, 6.45) is 0. The maximum Gasteiger partial charge on any atom is 0.253 e. The molecule has 0 fully saturated rings. The summed E-state index contributed by atoms with van der Waals surface area (Å²) in [5.74, 6) is -2.66. The van der Waals surface area contributed by atoms with Crippen LogP contribution in [0, 0.1) is 18.6 Å². The van der Waals surface area contributed by atoms with Crippen LogP contribution in [0.25, 0.3) is 27.8 Å². The molecule has 1 amide bonds. The molecule has 0 saturated carbocycles. The van der Waals surface area contributed by atoms with Crippen molar-refractivity contribution in [1.82, 2.24) is 14.3 Å². The molecule has 1 N–H and O–H groups in total. The minimum atomic E-state index is -1.08. The molecule has 5 rings (SSSR count). The molecule has 0 aliphatic carbocycles. The highest BCUT2D eigenvalue weighted by atomic mass is 19.2. The molecule has 0 bridgehead atoms. The van der Waals surface area contributed by atoms with Crippen molar-refractivity contribution in [3.63, 3.8) is 0 Å². The average Bonchev–Trinajstić information content (AvgIpc) is 3.21. The molecule has 0 spiro atoms. The number of benzene rings is 3. The first kappa shape index (κ1) is 22.2. The first-order valence-electron chi connectivity index (χ1n) is 10.9. The molecule has 3 aromatic carbocycles. The topological polar surface area (TPSA) is 68.9 Å². The summed E-state index contributed by atoms with van der Waals surface area (Å²) in [5.41, 5.74) is 3.13. The van der Waals surface area contributed by atoms with Crippen molar-refractivity contribution in [2.75, 3.05) is 5.32 Å². The van der Waals surface area contributed by atoms with E-state index in [9.17, 15) is 18.4 Å². The molecular weight excluding hydrogens is 450 g/mol. The number of amides is 1. The van der Waals surface area contributed by atoms with Gasteiger partial charge >= 0.3 is 0 Å². The normalized spacial score (nSPS) is 11.1. The molecule has 6 nitrogen and oxygen atoms in total. The van der Waals surface area contributed by atoms with Gasteiger partial charge in [0, 0.05) is 23.2 Å². The number of halogens is 2. The second kappa shape index (κ2) is 8.98. The Labute approximate surface area is 199 Å². The van der Waals surface area contributed by atoms with Gasteiger partial charge in [0.05, 0.1) is 11.4 Å². The van der Waals surface area contributed by atoms with Crippen LogP contribution in [0.3, 0.4) is 0 Å². The van der Waals surface area contributed by atoms with Gasteiger partial charge in [0.25, 0.3) is 5.56 Å². The Bertz CT molecular complexity index is 1610. The van der Waals surface area contributed by atoms with Gasteiger partial charge in [0.2, 0.25) is 5.91 Å². The smallest absolute Gasteiger partial charge is 0.253 e. The standard InChI is InChI=1S/C27H20F2N4O2/c1-17-26-21(18-8-4-2-5-9-18)15-25(35)32(27(26)33(31-17)20-10-6-3-7-11-20)16-24(34)30-19-12-13-22(28)23(29)14-19/h2-15H,16H2,1H3,(H,30,34). The summed E-state index contributed by atoms with van der Waals surface area (Å²) in [6, 6.07) is 23.4. The van der Waals surface area contributed by atoms with Crippen LogP contribution in [0.4, 0.5) is 14.5 Å². The quantitative estimate of drug-likeness (QED) is 0.390. The number of pyridine rings is 1. The number of carbonyl (C=O) groups is 1. The van der Waals surface area contributed by atoms with Gasteiger partial charge in [-0.15, -0.1) is 0 Å². The van der Waals surface area contributed by atoms with Crippen LogP contribution < -0.4 is 10.9 Å². The number of anilines is 1. The molecule has 174 valence electrons. The van der Waals surface area contributed by atoms with E-state index in [0.29, 0.717) is 16.9 Å². The Morgan fingerprint density at radius 3 is 2.29 bits per heavy atom. The van der Waals surface area contributed by atoms with Crippen molar-refractivity contribution in [3.8, 4) is 16.8 Å². The number of rotatable bonds is 5. The highest BCUT2D eigenvalue weighted by molar-refractivity contribution is 5.97. The lowest BCUT2D eigenvalue weighted by atomic mass is 10.0. The summed E-state index contributed by atoms with van der Waals surface area (Å²) in [6.45, 7) is 1.51. The number of carbonyl (C=O) groups excluding carboxylic acids is 1. The van der Waals surface area contributed by atoms with E-state index >= 15 is 0 Å².